The molecule has 0 aromatic heterocycles. The van der Waals surface area contributed by atoms with E-state index in [1.54, 1.807) is 7.11 Å². The van der Waals surface area contributed by atoms with Crippen molar-refractivity contribution in [2.45, 2.75) is 19.9 Å². The van der Waals surface area contributed by atoms with Crippen LogP contribution in [0.5, 0.6) is 0 Å². The van der Waals surface area contributed by atoms with Gasteiger partial charge in [0.05, 0.1) is 6.61 Å². The Morgan fingerprint density at radius 1 is 1.50 bits per heavy atom. The summed E-state index contributed by atoms with van der Waals surface area (Å²) in [5.41, 5.74) is 3.90. The normalized spacial score (nSPS) is 14.6. The van der Waals surface area contributed by atoms with Gasteiger partial charge in [0, 0.05) is 13.0 Å². The van der Waals surface area contributed by atoms with Crippen molar-refractivity contribution in [3.63, 3.8) is 0 Å². The highest BCUT2D eigenvalue weighted by Gasteiger charge is 2.08. The van der Waals surface area contributed by atoms with Gasteiger partial charge in [0.15, 0.2) is 0 Å². The van der Waals surface area contributed by atoms with Crippen LogP contribution < -0.4 is 5.73 Å². The summed E-state index contributed by atoms with van der Waals surface area (Å²) in [6, 6.07) is 0.444. The molecule has 0 aliphatic carbocycles. The first-order valence-electron chi connectivity index (χ1n) is 3.00. The Morgan fingerprint density at radius 2 is 2.00 bits per heavy atom. The van der Waals surface area contributed by atoms with Crippen molar-refractivity contribution >= 4 is 0 Å². The van der Waals surface area contributed by atoms with Gasteiger partial charge in [-0.2, -0.15) is 0 Å². The van der Waals surface area contributed by atoms with Crippen molar-refractivity contribution in [2.24, 2.45) is 5.92 Å². The second-order valence-electron chi connectivity index (χ2n) is 2.46. The molecule has 0 aliphatic rings. The minimum atomic E-state index is 0.444. The number of rotatable bonds is 3. The second-order valence-corrected chi connectivity index (χ2v) is 2.46. The average Bonchev–Trinajstić information content (AvgIpc) is 1.67. The molecule has 0 aliphatic heterocycles. The van der Waals surface area contributed by atoms with Crippen molar-refractivity contribution in [3.05, 3.63) is 0 Å². The topological polar surface area (TPSA) is 36.9 Å². The van der Waals surface area contributed by atoms with E-state index in [2.05, 4.69) is 19.6 Å². The van der Waals surface area contributed by atoms with Gasteiger partial charge in [-0.1, -0.05) is 13.8 Å². The molecule has 0 aromatic carbocycles. The Kier molecular flexibility index (Phi) is 3.83. The molecule has 2 nitrogen and oxygen atoms in total. The van der Waals surface area contributed by atoms with Gasteiger partial charge in [0.2, 0.25) is 0 Å². The number of hydrogen-bond donors (Lipinski definition) is 1. The van der Waals surface area contributed by atoms with E-state index in [0.29, 0.717) is 12.0 Å². The zero-order valence-corrected chi connectivity index (χ0v) is 5.98. The minimum Gasteiger partial charge on any atom is -0.379 e. The van der Waals surface area contributed by atoms with Crippen molar-refractivity contribution < 1.29 is 10.5 Å². The maximum Gasteiger partial charge on any atom is 0.110 e. The van der Waals surface area contributed by atoms with Gasteiger partial charge in [0.1, 0.15) is 6.04 Å². The molecule has 1 unspecified atom stereocenters. The van der Waals surface area contributed by atoms with E-state index < -0.39 is 0 Å². The van der Waals surface area contributed by atoms with E-state index in [-0.39, 0.29) is 0 Å². The SMILES string of the molecule is COCC([NH3+])C(C)C. The maximum absolute atomic E-state index is 4.90. The van der Waals surface area contributed by atoms with E-state index in [1.165, 1.54) is 0 Å². The Morgan fingerprint density at radius 3 is 2.12 bits per heavy atom. The van der Waals surface area contributed by atoms with Crippen LogP contribution in [-0.2, 0) is 4.74 Å². The highest BCUT2D eigenvalue weighted by Crippen LogP contribution is 1.94. The number of ether oxygens (including phenoxy) is 1. The lowest BCUT2D eigenvalue weighted by atomic mass is 10.1. The van der Waals surface area contributed by atoms with E-state index >= 15 is 0 Å². The van der Waals surface area contributed by atoms with Gasteiger partial charge in [0.25, 0.3) is 0 Å². The van der Waals surface area contributed by atoms with E-state index in [9.17, 15) is 0 Å². The maximum atomic E-state index is 4.90. The highest BCUT2D eigenvalue weighted by molar-refractivity contribution is 4.54. The third-order valence-corrected chi connectivity index (χ3v) is 1.32. The summed E-state index contributed by atoms with van der Waals surface area (Å²) in [6.45, 7) is 5.07. The number of methoxy groups -OCH3 is 1. The molecule has 1 atom stereocenters. The number of hydrogen-bond acceptors (Lipinski definition) is 1. The van der Waals surface area contributed by atoms with Crippen LogP contribution in [0.4, 0.5) is 0 Å². The van der Waals surface area contributed by atoms with Crippen molar-refractivity contribution in [3.8, 4) is 0 Å². The zero-order valence-electron chi connectivity index (χ0n) is 5.98. The Labute approximate surface area is 51.0 Å². The van der Waals surface area contributed by atoms with Crippen LogP contribution in [0.3, 0.4) is 0 Å². The Bertz CT molecular complexity index is 54.5. The fourth-order valence-electron chi connectivity index (χ4n) is 0.407. The van der Waals surface area contributed by atoms with E-state index in [1.807, 2.05) is 0 Å². The quantitative estimate of drug-likeness (QED) is 0.552. The van der Waals surface area contributed by atoms with Crippen molar-refractivity contribution in [1.82, 2.24) is 0 Å². The Balaban J connectivity index is 3.17. The summed E-state index contributed by atoms with van der Waals surface area (Å²) in [5.74, 6) is 0.634. The monoisotopic (exact) mass is 118 g/mol. The fraction of sp³-hybridized carbons (Fsp3) is 1.00. The smallest absolute Gasteiger partial charge is 0.110 e. The summed E-state index contributed by atoms with van der Waals surface area (Å²) < 4.78 is 4.90. The highest BCUT2D eigenvalue weighted by atomic mass is 16.5. The molecule has 0 spiro atoms. The molecule has 0 fully saturated rings. The fourth-order valence-corrected chi connectivity index (χ4v) is 0.407. The van der Waals surface area contributed by atoms with Gasteiger partial charge in [-0.3, -0.25) is 0 Å². The van der Waals surface area contributed by atoms with Crippen LogP contribution in [0.2, 0.25) is 0 Å². The van der Waals surface area contributed by atoms with Gasteiger partial charge in [-0.15, -0.1) is 0 Å². The van der Waals surface area contributed by atoms with E-state index in [0.717, 1.165) is 6.61 Å². The molecular formula is C6H16NO+. The minimum absolute atomic E-state index is 0.444. The zero-order chi connectivity index (χ0) is 6.57. The summed E-state index contributed by atoms with van der Waals surface area (Å²) in [7, 11) is 1.71. The molecule has 0 saturated carbocycles. The first kappa shape index (κ1) is 7.92. The molecule has 0 heterocycles. The molecule has 0 bridgehead atoms. The van der Waals surface area contributed by atoms with Crippen molar-refractivity contribution in [1.29, 1.82) is 0 Å². The van der Waals surface area contributed by atoms with Gasteiger partial charge in [-0.25, -0.2) is 0 Å². The molecule has 0 rings (SSSR count). The summed E-state index contributed by atoms with van der Waals surface area (Å²) in [6.07, 6.45) is 0. The molecule has 2 heteroatoms. The predicted molar refractivity (Wildman–Crippen MR) is 33.4 cm³/mol. The molecule has 0 aromatic rings. The molecule has 8 heavy (non-hydrogen) atoms. The van der Waals surface area contributed by atoms with Crippen LogP contribution >= 0.6 is 0 Å². The summed E-state index contributed by atoms with van der Waals surface area (Å²) in [4.78, 5) is 0. The largest absolute Gasteiger partial charge is 0.379 e. The van der Waals surface area contributed by atoms with Crippen molar-refractivity contribution in [2.75, 3.05) is 13.7 Å². The standard InChI is InChI=1S/C6H15NO/c1-5(2)6(7)4-8-3/h5-6H,4,7H2,1-3H3/p+1. The lowest BCUT2D eigenvalue weighted by Gasteiger charge is -2.09. The van der Waals surface area contributed by atoms with Gasteiger partial charge in [-0.05, 0) is 0 Å². The first-order valence-corrected chi connectivity index (χ1v) is 3.00. The number of quaternary nitrogens is 1. The molecule has 50 valence electrons. The van der Waals surface area contributed by atoms with Crippen LogP contribution in [-0.4, -0.2) is 19.8 Å². The first-order chi connectivity index (χ1) is 3.68. The third-order valence-electron chi connectivity index (χ3n) is 1.32. The van der Waals surface area contributed by atoms with Crippen LogP contribution in [0.15, 0.2) is 0 Å². The molecule has 0 amide bonds. The van der Waals surface area contributed by atoms with E-state index in [4.69, 9.17) is 4.74 Å². The summed E-state index contributed by atoms with van der Waals surface area (Å²) >= 11 is 0. The second kappa shape index (κ2) is 3.87. The predicted octanol–water partition coefficient (Wildman–Crippen LogP) is -0.101. The lowest BCUT2D eigenvalue weighted by Crippen LogP contribution is -2.65. The molecule has 0 saturated heterocycles. The molecule has 0 radical (unpaired) electrons. The van der Waals surface area contributed by atoms with Crippen LogP contribution in [0.1, 0.15) is 13.8 Å². The van der Waals surface area contributed by atoms with Gasteiger partial charge >= 0.3 is 0 Å². The van der Waals surface area contributed by atoms with Crippen LogP contribution in [0.25, 0.3) is 0 Å². The molecule has 3 N–H and O–H groups in total. The van der Waals surface area contributed by atoms with Crippen LogP contribution in [0, 0.1) is 5.92 Å². The molecular weight excluding hydrogens is 102 g/mol. The lowest BCUT2D eigenvalue weighted by molar-refractivity contribution is -0.437. The average molecular weight is 118 g/mol. The van der Waals surface area contributed by atoms with Gasteiger partial charge < -0.3 is 10.5 Å². The third kappa shape index (κ3) is 2.99. The Hall–Kier alpha value is -0.0800. The summed E-state index contributed by atoms with van der Waals surface area (Å²) in [5, 5.41) is 0.